The molecule has 1 aliphatic rings. The number of benzene rings is 2. The molecule has 4 rings (SSSR count). The molecular weight excluding hydrogens is 549 g/mol. The normalized spacial score (nSPS) is 16.8. The van der Waals surface area contributed by atoms with E-state index in [1.165, 1.54) is 18.3 Å². The van der Waals surface area contributed by atoms with Crippen LogP contribution in [-0.2, 0) is 14.6 Å². The minimum absolute atomic E-state index is 0.106. The molecule has 0 aliphatic carbocycles. The summed E-state index contributed by atoms with van der Waals surface area (Å²) in [5.41, 5.74) is -4.82. The second-order valence-electron chi connectivity index (χ2n) is 8.24. The van der Waals surface area contributed by atoms with Crippen LogP contribution in [0.4, 0.5) is 29.5 Å². The summed E-state index contributed by atoms with van der Waals surface area (Å²) in [4.78, 5) is 42.0. The molecule has 1 saturated heterocycles. The molecule has 2 atom stereocenters. The monoisotopic (exact) mass is 566 g/mol. The van der Waals surface area contributed by atoms with Crippen molar-refractivity contribution in [1.29, 1.82) is 0 Å². The number of sulfone groups is 1. The van der Waals surface area contributed by atoms with Gasteiger partial charge in [-0.25, -0.2) is 23.1 Å². The van der Waals surface area contributed by atoms with Crippen LogP contribution in [0.2, 0.25) is 5.02 Å². The Morgan fingerprint density at radius 3 is 2.39 bits per heavy atom. The Morgan fingerprint density at radius 2 is 1.76 bits per heavy atom. The van der Waals surface area contributed by atoms with Gasteiger partial charge in [-0.15, -0.1) is 0 Å². The van der Waals surface area contributed by atoms with Crippen molar-refractivity contribution in [2.75, 3.05) is 10.2 Å². The van der Waals surface area contributed by atoms with E-state index >= 15 is 0 Å². The summed E-state index contributed by atoms with van der Waals surface area (Å²) in [6.45, 7) is 1.65. The number of hydrogen-bond acceptors (Lipinski definition) is 6. The Labute approximate surface area is 219 Å². The highest BCUT2D eigenvalue weighted by Crippen LogP contribution is 2.33. The van der Waals surface area contributed by atoms with Crippen LogP contribution < -0.4 is 15.5 Å². The van der Waals surface area contributed by atoms with Crippen molar-refractivity contribution in [2.45, 2.75) is 29.3 Å². The Bertz CT molecular complexity index is 1530. The smallest absolute Gasteiger partial charge is 0.325 e. The van der Waals surface area contributed by atoms with E-state index in [0.717, 1.165) is 12.1 Å². The molecule has 1 aliphatic heterocycles. The van der Waals surface area contributed by atoms with Crippen LogP contribution in [0, 0.1) is 0 Å². The third-order valence-electron chi connectivity index (χ3n) is 5.85. The van der Waals surface area contributed by atoms with E-state index in [4.69, 9.17) is 11.6 Å². The summed E-state index contributed by atoms with van der Waals surface area (Å²) in [6, 6.07) is 10.9. The minimum atomic E-state index is -5.58. The number of aromatic nitrogens is 1. The average Bonchev–Trinajstić information content (AvgIpc) is 3.16. The Balaban J connectivity index is 1.52. The molecule has 2 N–H and O–H groups in total. The molecule has 2 aromatic carbocycles. The highest BCUT2D eigenvalue weighted by molar-refractivity contribution is 7.92. The maximum Gasteiger partial charge on any atom is 0.501 e. The topological polar surface area (TPSA) is 126 Å². The van der Waals surface area contributed by atoms with Crippen LogP contribution in [0.15, 0.2) is 71.8 Å². The molecule has 0 radical (unpaired) electrons. The summed E-state index contributed by atoms with van der Waals surface area (Å²) in [5.74, 6) is -1.64. The van der Waals surface area contributed by atoms with Crippen molar-refractivity contribution in [3.05, 3.63) is 83.0 Å². The zero-order chi connectivity index (χ0) is 27.8. The van der Waals surface area contributed by atoms with Gasteiger partial charge in [0.1, 0.15) is 11.9 Å². The minimum Gasteiger partial charge on any atom is -0.325 e. The first-order chi connectivity index (χ1) is 17.8. The highest BCUT2D eigenvalue weighted by atomic mass is 35.5. The largest absolute Gasteiger partial charge is 0.501 e. The number of rotatable bonds is 6. The number of halogens is 4. The van der Waals surface area contributed by atoms with Gasteiger partial charge in [-0.3, -0.25) is 9.59 Å². The van der Waals surface area contributed by atoms with Crippen LogP contribution >= 0.6 is 11.6 Å². The number of carbonyl (C=O) groups is 3. The fraction of sp³-hybridized carbons (Fsp3) is 0.167. The van der Waals surface area contributed by atoms with Gasteiger partial charge in [-0.05, 0) is 54.1 Å². The molecular formula is C24H18ClF3N4O5S. The highest BCUT2D eigenvalue weighted by Gasteiger charge is 2.47. The number of urea groups is 1. The Morgan fingerprint density at radius 1 is 1.11 bits per heavy atom. The molecule has 1 fully saturated rings. The van der Waals surface area contributed by atoms with Crippen molar-refractivity contribution in [2.24, 2.45) is 0 Å². The summed E-state index contributed by atoms with van der Waals surface area (Å²) < 4.78 is 61.6. The van der Waals surface area contributed by atoms with E-state index in [1.807, 2.05) is 0 Å². The van der Waals surface area contributed by atoms with Gasteiger partial charge in [-0.2, -0.15) is 13.2 Å². The van der Waals surface area contributed by atoms with Gasteiger partial charge in [0.25, 0.3) is 21.7 Å². The zero-order valence-electron chi connectivity index (χ0n) is 19.4. The zero-order valence-corrected chi connectivity index (χ0v) is 20.9. The molecule has 2 unspecified atom stereocenters. The predicted molar refractivity (Wildman–Crippen MR) is 132 cm³/mol. The van der Waals surface area contributed by atoms with Gasteiger partial charge < -0.3 is 10.6 Å². The van der Waals surface area contributed by atoms with Crippen molar-refractivity contribution in [3.63, 3.8) is 0 Å². The number of imide groups is 1. The number of alkyl halides is 3. The molecule has 3 aromatic rings. The molecule has 9 nitrogen and oxygen atoms in total. The lowest BCUT2D eigenvalue weighted by molar-refractivity contribution is -0.118. The number of hydrogen-bond donors (Lipinski definition) is 2. The standard InChI is InChI=1S/C24H18ClF3N4O5S/c1-13(14-10-11-29-19(12-14)30-21(33)17-4-2-3-5-18(17)25)20-22(34)32(23(35)31-20)15-6-8-16(9-7-15)38(36,37)24(26,27)28/h2-13,20H,1H3,(H,31,35)(H,29,30,33). The lowest BCUT2D eigenvalue weighted by Crippen LogP contribution is -2.35. The van der Waals surface area contributed by atoms with E-state index in [2.05, 4.69) is 15.6 Å². The second-order valence-corrected chi connectivity index (χ2v) is 10.6. The maximum absolute atomic E-state index is 13.1. The van der Waals surface area contributed by atoms with E-state index in [-0.39, 0.29) is 22.1 Å². The quantitative estimate of drug-likeness (QED) is 0.423. The first-order valence-electron chi connectivity index (χ1n) is 10.9. The van der Waals surface area contributed by atoms with Crippen molar-refractivity contribution in [3.8, 4) is 0 Å². The summed E-state index contributed by atoms with van der Waals surface area (Å²) in [7, 11) is -5.58. The number of nitrogens with one attached hydrogen (secondary N) is 2. The molecule has 14 heteroatoms. The second kappa shape index (κ2) is 10.1. The molecule has 2 heterocycles. The van der Waals surface area contributed by atoms with Gasteiger partial charge in [-0.1, -0.05) is 30.7 Å². The number of amides is 4. The SMILES string of the molecule is CC(c1ccnc(NC(=O)c2ccccc2Cl)c1)C1NC(=O)N(c2ccc(S(=O)(=O)C(F)(F)F)cc2)C1=O. The Hall–Kier alpha value is -3.97. The number of carbonyl (C=O) groups excluding carboxylic acids is 3. The predicted octanol–water partition coefficient (Wildman–Crippen LogP) is 4.51. The van der Waals surface area contributed by atoms with Gasteiger partial charge in [0.2, 0.25) is 0 Å². The first kappa shape index (κ1) is 27.1. The molecule has 0 saturated carbocycles. The Kier molecular flexibility index (Phi) is 7.17. The van der Waals surface area contributed by atoms with E-state index in [9.17, 15) is 36.0 Å². The number of anilines is 2. The van der Waals surface area contributed by atoms with Crippen molar-refractivity contribution >= 4 is 50.8 Å². The first-order valence-corrected chi connectivity index (χ1v) is 12.7. The molecule has 0 bridgehead atoms. The lowest BCUT2D eigenvalue weighted by atomic mass is 9.94. The summed E-state index contributed by atoms with van der Waals surface area (Å²) >= 11 is 6.05. The van der Waals surface area contributed by atoms with Crippen LogP contribution in [0.5, 0.6) is 0 Å². The molecule has 0 spiro atoms. The van der Waals surface area contributed by atoms with Gasteiger partial charge in [0.15, 0.2) is 0 Å². The van der Waals surface area contributed by atoms with Gasteiger partial charge >= 0.3 is 11.5 Å². The van der Waals surface area contributed by atoms with Crippen LogP contribution in [0.3, 0.4) is 0 Å². The third-order valence-corrected chi connectivity index (χ3v) is 7.68. The lowest BCUT2D eigenvalue weighted by Gasteiger charge is -2.19. The third kappa shape index (κ3) is 5.07. The van der Waals surface area contributed by atoms with Gasteiger partial charge in [0.05, 0.1) is 21.2 Å². The van der Waals surface area contributed by atoms with E-state index < -0.39 is 50.0 Å². The maximum atomic E-state index is 13.1. The molecule has 198 valence electrons. The number of pyridine rings is 1. The van der Waals surface area contributed by atoms with E-state index in [0.29, 0.717) is 22.6 Å². The fourth-order valence-corrected chi connectivity index (χ4v) is 4.79. The number of nitrogens with zero attached hydrogens (tertiary/aromatic N) is 2. The average molecular weight is 567 g/mol. The fourth-order valence-electron chi connectivity index (χ4n) is 3.81. The van der Waals surface area contributed by atoms with Crippen molar-refractivity contribution in [1.82, 2.24) is 10.3 Å². The van der Waals surface area contributed by atoms with Crippen LogP contribution in [-0.4, -0.2) is 42.8 Å². The molecule has 38 heavy (non-hydrogen) atoms. The van der Waals surface area contributed by atoms with Crippen LogP contribution in [0.25, 0.3) is 0 Å². The molecule has 1 aromatic heterocycles. The van der Waals surface area contributed by atoms with Crippen molar-refractivity contribution < 1.29 is 36.0 Å². The van der Waals surface area contributed by atoms with Gasteiger partial charge in [0, 0.05) is 12.1 Å². The summed E-state index contributed by atoms with van der Waals surface area (Å²) in [5, 5.41) is 5.40. The van der Waals surface area contributed by atoms with E-state index in [1.54, 1.807) is 31.2 Å². The summed E-state index contributed by atoms with van der Waals surface area (Å²) in [6.07, 6.45) is 1.41. The van der Waals surface area contributed by atoms with Crippen LogP contribution in [0.1, 0.15) is 28.8 Å². The molecule has 4 amide bonds.